The van der Waals surface area contributed by atoms with Gasteiger partial charge in [0.25, 0.3) is 0 Å². The van der Waals surface area contributed by atoms with E-state index in [4.69, 9.17) is 0 Å². The summed E-state index contributed by atoms with van der Waals surface area (Å²) in [6, 6.07) is 75.2. The molecule has 57 heavy (non-hydrogen) atoms. The summed E-state index contributed by atoms with van der Waals surface area (Å²) in [7, 11) is 0. The van der Waals surface area contributed by atoms with Crippen LogP contribution >= 0.6 is 0 Å². The van der Waals surface area contributed by atoms with E-state index in [-0.39, 0.29) is 0 Å². The summed E-state index contributed by atoms with van der Waals surface area (Å²) < 4.78 is 2.46. The molecule has 0 spiro atoms. The van der Waals surface area contributed by atoms with Crippen LogP contribution in [0.15, 0.2) is 206 Å². The molecule has 0 atom stereocenters. The number of anilines is 5. The molecule has 2 heterocycles. The molecule has 0 bridgehead atoms. The molecule has 11 aromatic rings. The van der Waals surface area contributed by atoms with Crippen molar-refractivity contribution in [1.29, 1.82) is 0 Å². The Bertz CT molecular complexity index is 3370. The first-order chi connectivity index (χ1) is 28.3. The molecule has 3 heteroatoms. The van der Waals surface area contributed by atoms with Crippen molar-refractivity contribution in [2.75, 3.05) is 10.2 Å². The number of nitrogens with one attached hydrogen (secondary N) is 1. The minimum atomic E-state index is 1.08. The van der Waals surface area contributed by atoms with Crippen molar-refractivity contribution in [3.63, 3.8) is 0 Å². The second kappa shape index (κ2) is 12.5. The molecule has 0 saturated carbocycles. The van der Waals surface area contributed by atoms with E-state index in [1.165, 1.54) is 76.5 Å². The topological polar surface area (TPSA) is 20.2 Å². The smallest absolute Gasteiger partial charge is 0.0709 e. The van der Waals surface area contributed by atoms with Crippen LogP contribution < -0.4 is 10.2 Å². The van der Waals surface area contributed by atoms with Gasteiger partial charge in [0.1, 0.15) is 0 Å². The van der Waals surface area contributed by atoms with Crippen LogP contribution in [0.2, 0.25) is 0 Å². The quantitative estimate of drug-likeness (QED) is 0.195. The molecule has 266 valence electrons. The summed E-state index contributed by atoms with van der Waals surface area (Å²) in [5.74, 6) is 0. The SMILES string of the molecule is c1ccc(-c2ccc(N3c4ccc(-c5ccc6c(c5)c5c7ccccc7ccc5n6-c5cccc6ccccc56)cc4Nc4c3ccc3ccccc43)cc2)cc1. The van der Waals surface area contributed by atoms with Gasteiger partial charge in [0.05, 0.1) is 39.5 Å². The number of benzene rings is 10. The van der Waals surface area contributed by atoms with E-state index >= 15 is 0 Å². The number of hydrogen-bond acceptors (Lipinski definition) is 2. The van der Waals surface area contributed by atoms with Gasteiger partial charge in [0, 0.05) is 27.2 Å². The zero-order chi connectivity index (χ0) is 37.5. The van der Waals surface area contributed by atoms with E-state index < -0.39 is 0 Å². The van der Waals surface area contributed by atoms with Gasteiger partial charge in [-0.05, 0) is 98.4 Å². The van der Waals surface area contributed by atoms with E-state index in [1.54, 1.807) is 0 Å². The minimum Gasteiger partial charge on any atom is -0.352 e. The maximum absolute atomic E-state index is 3.92. The highest BCUT2D eigenvalue weighted by Crippen LogP contribution is 2.51. The van der Waals surface area contributed by atoms with Gasteiger partial charge in [-0.2, -0.15) is 0 Å². The number of hydrogen-bond donors (Lipinski definition) is 1. The standard InChI is InChI=1S/C54H35N3/c1-2-11-35(12-3-1)36-21-27-42(28-22-36)56-50-30-26-41(34-47(50)55-54-45-19-9-6-15-39(45)24-32-52(54)56)40-25-29-49-46(33-40)53-44-18-8-5-14-38(44)23-31-51(53)57(49)48-20-10-16-37-13-4-7-17-43(37)48/h1-34,55H. The van der Waals surface area contributed by atoms with Crippen LogP contribution in [-0.2, 0) is 0 Å². The Hall–Kier alpha value is -7.62. The molecule has 1 aromatic heterocycles. The van der Waals surface area contributed by atoms with Crippen molar-refractivity contribution >= 4 is 82.6 Å². The summed E-state index contributed by atoms with van der Waals surface area (Å²) in [4.78, 5) is 2.40. The van der Waals surface area contributed by atoms with Crippen molar-refractivity contribution in [1.82, 2.24) is 4.57 Å². The van der Waals surface area contributed by atoms with E-state index in [2.05, 4.69) is 221 Å². The molecule has 1 N–H and O–H groups in total. The number of fused-ring (bicyclic) bond motifs is 10. The Morgan fingerprint density at radius 1 is 0.333 bits per heavy atom. The first-order valence-corrected chi connectivity index (χ1v) is 19.6. The van der Waals surface area contributed by atoms with E-state index in [0.29, 0.717) is 0 Å². The fourth-order valence-corrected chi connectivity index (χ4v) is 9.20. The Morgan fingerprint density at radius 3 is 1.74 bits per heavy atom. The van der Waals surface area contributed by atoms with Crippen molar-refractivity contribution in [2.24, 2.45) is 0 Å². The lowest BCUT2D eigenvalue weighted by Gasteiger charge is -2.35. The van der Waals surface area contributed by atoms with Crippen molar-refractivity contribution in [2.45, 2.75) is 0 Å². The number of aromatic nitrogens is 1. The van der Waals surface area contributed by atoms with Crippen molar-refractivity contribution in [3.8, 4) is 27.9 Å². The van der Waals surface area contributed by atoms with Crippen LogP contribution in [0, 0.1) is 0 Å². The lowest BCUT2D eigenvalue weighted by molar-refractivity contribution is 1.20. The van der Waals surface area contributed by atoms with Gasteiger partial charge >= 0.3 is 0 Å². The van der Waals surface area contributed by atoms with Crippen LogP contribution in [0.4, 0.5) is 28.4 Å². The maximum Gasteiger partial charge on any atom is 0.0709 e. The Labute approximate surface area is 330 Å². The monoisotopic (exact) mass is 725 g/mol. The molecule has 3 nitrogen and oxygen atoms in total. The molecule has 1 aliphatic rings. The van der Waals surface area contributed by atoms with Gasteiger partial charge < -0.3 is 14.8 Å². The Balaban J connectivity index is 1.05. The number of nitrogens with zero attached hydrogens (tertiary/aromatic N) is 2. The van der Waals surface area contributed by atoms with Crippen LogP contribution in [0.1, 0.15) is 0 Å². The summed E-state index contributed by atoms with van der Waals surface area (Å²) in [5.41, 5.74) is 13.9. The average Bonchev–Trinajstić information content (AvgIpc) is 3.62. The maximum atomic E-state index is 3.92. The summed E-state index contributed by atoms with van der Waals surface area (Å²) in [6.45, 7) is 0. The first-order valence-electron chi connectivity index (χ1n) is 19.6. The highest BCUT2D eigenvalue weighted by molar-refractivity contribution is 6.22. The minimum absolute atomic E-state index is 1.08. The highest BCUT2D eigenvalue weighted by Gasteiger charge is 2.26. The van der Waals surface area contributed by atoms with Gasteiger partial charge in [-0.1, -0.05) is 152 Å². The Kier molecular flexibility index (Phi) is 6.93. The number of rotatable bonds is 4. The molecule has 1 aliphatic heterocycles. The molecule has 0 amide bonds. The zero-order valence-corrected chi connectivity index (χ0v) is 31.0. The summed E-state index contributed by atoms with van der Waals surface area (Å²) in [6.07, 6.45) is 0. The van der Waals surface area contributed by atoms with Crippen molar-refractivity contribution < 1.29 is 0 Å². The molecule has 0 fully saturated rings. The Morgan fingerprint density at radius 2 is 0.912 bits per heavy atom. The molecule has 10 aromatic carbocycles. The first kappa shape index (κ1) is 31.7. The van der Waals surface area contributed by atoms with Gasteiger partial charge in [-0.15, -0.1) is 0 Å². The third-order valence-electron chi connectivity index (χ3n) is 11.9. The van der Waals surface area contributed by atoms with Gasteiger partial charge in [0.2, 0.25) is 0 Å². The lowest BCUT2D eigenvalue weighted by atomic mass is 9.97. The van der Waals surface area contributed by atoms with Crippen molar-refractivity contribution in [3.05, 3.63) is 206 Å². The zero-order valence-electron chi connectivity index (χ0n) is 31.0. The fraction of sp³-hybridized carbons (Fsp3) is 0. The van der Waals surface area contributed by atoms with E-state index in [0.717, 1.165) is 34.0 Å². The normalized spacial score (nSPS) is 12.3. The van der Waals surface area contributed by atoms with Crippen LogP contribution in [0.25, 0.3) is 82.1 Å². The summed E-state index contributed by atoms with van der Waals surface area (Å²) in [5, 5.41) is 13.8. The fourth-order valence-electron chi connectivity index (χ4n) is 9.20. The van der Waals surface area contributed by atoms with Crippen LogP contribution in [0.5, 0.6) is 0 Å². The highest BCUT2D eigenvalue weighted by atomic mass is 15.2. The molecule has 0 aliphatic carbocycles. The van der Waals surface area contributed by atoms with Crippen LogP contribution in [0.3, 0.4) is 0 Å². The summed E-state index contributed by atoms with van der Waals surface area (Å²) >= 11 is 0. The van der Waals surface area contributed by atoms with Crippen LogP contribution in [-0.4, -0.2) is 4.57 Å². The molecule has 0 radical (unpaired) electrons. The predicted molar refractivity (Wildman–Crippen MR) is 242 cm³/mol. The second-order valence-electron chi connectivity index (χ2n) is 15.0. The average molecular weight is 726 g/mol. The molecule has 0 unspecified atom stereocenters. The third-order valence-corrected chi connectivity index (χ3v) is 11.9. The van der Waals surface area contributed by atoms with E-state index in [9.17, 15) is 0 Å². The van der Waals surface area contributed by atoms with Gasteiger partial charge in [0.15, 0.2) is 0 Å². The molecular formula is C54H35N3. The second-order valence-corrected chi connectivity index (χ2v) is 15.0. The van der Waals surface area contributed by atoms with Gasteiger partial charge in [-0.3, -0.25) is 0 Å². The lowest BCUT2D eigenvalue weighted by Crippen LogP contribution is -2.18. The van der Waals surface area contributed by atoms with Gasteiger partial charge in [-0.25, -0.2) is 0 Å². The third kappa shape index (κ3) is 4.92. The molecule has 12 rings (SSSR count). The molecular weight excluding hydrogens is 691 g/mol. The largest absolute Gasteiger partial charge is 0.352 e. The molecule has 0 saturated heterocycles. The van der Waals surface area contributed by atoms with E-state index in [1.807, 2.05) is 0 Å². The predicted octanol–water partition coefficient (Wildman–Crippen LogP) is 15.1.